The van der Waals surface area contributed by atoms with Crippen molar-refractivity contribution in [2.75, 3.05) is 0 Å². The number of carbonyl (C=O) groups is 1. The summed E-state index contributed by atoms with van der Waals surface area (Å²) in [7, 11) is 0. The van der Waals surface area contributed by atoms with Gasteiger partial charge in [0.1, 0.15) is 5.76 Å². The van der Waals surface area contributed by atoms with E-state index in [0.29, 0.717) is 6.42 Å². The first-order valence-electron chi connectivity index (χ1n) is 7.44. The van der Waals surface area contributed by atoms with Gasteiger partial charge in [0.2, 0.25) is 5.91 Å². The van der Waals surface area contributed by atoms with Gasteiger partial charge in [-0.15, -0.1) is 0 Å². The quantitative estimate of drug-likeness (QED) is 0.942. The summed E-state index contributed by atoms with van der Waals surface area (Å²) >= 11 is 0. The van der Waals surface area contributed by atoms with Crippen LogP contribution in [0.3, 0.4) is 0 Å². The number of nitrogens with zero attached hydrogens (tertiary/aromatic N) is 1. The molecule has 2 aromatic rings. The molecule has 1 atom stereocenters. The van der Waals surface area contributed by atoms with Crippen molar-refractivity contribution in [1.29, 1.82) is 0 Å². The van der Waals surface area contributed by atoms with Crippen LogP contribution in [-0.2, 0) is 17.6 Å². The highest BCUT2D eigenvalue weighted by atomic mass is 16.5. The van der Waals surface area contributed by atoms with Crippen LogP contribution in [0.1, 0.15) is 47.0 Å². The molecule has 0 saturated carbocycles. The number of aromatic nitrogens is 1. The molecule has 1 amide bonds. The minimum Gasteiger partial charge on any atom is -0.361 e. The van der Waals surface area contributed by atoms with E-state index in [1.165, 1.54) is 11.1 Å². The predicted octanol–water partition coefficient (Wildman–Crippen LogP) is 3.03. The number of hydrogen-bond donors (Lipinski definition) is 1. The lowest BCUT2D eigenvalue weighted by atomic mass is 9.87. The zero-order valence-electron chi connectivity index (χ0n) is 12.5. The first kappa shape index (κ1) is 13.9. The Morgan fingerprint density at radius 1 is 1.38 bits per heavy atom. The predicted molar refractivity (Wildman–Crippen MR) is 79.9 cm³/mol. The van der Waals surface area contributed by atoms with Crippen LogP contribution in [0.4, 0.5) is 0 Å². The Balaban J connectivity index is 1.72. The van der Waals surface area contributed by atoms with Crippen LogP contribution < -0.4 is 5.32 Å². The number of aryl methyl sites for hydroxylation is 3. The maximum atomic E-state index is 12.3. The summed E-state index contributed by atoms with van der Waals surface area (Å²) in [5, 5.41) is 7.06. The van der Waals surface area contributed by atoms with E-state index in [1.807, 2.05) is 19.9 Å². The van der Waals surface area contributed by atoms with Crippen molar-refractivity contribution in [3.63, 3.8) is 0 Å². The van der Waals surface area contributed by atoms with Gasteiger partial charge in [-0.1, -0.05) is 29.4 Å². The largest absolute Gasteiger partial charge is 0.361 e. The fourth-order valence-corrected chi connectivity index (χ4v) is 3.06. The summed E-state index contributed by atoms with van der Waals surface area (Å²) in [5.74, 6) is 0.762. The summed E-state index contributed by atoms with van der Waals surface area (Å²) in [6, 6.07) is 8.50. The minimum absolute atomic E-state index is 0.0334. The van der Waals surface area contributed by atoms with E-state index in [4.69, 9.17) is 4.52 Å². The monoisotopic (exact) mass is 284 g/mol. The molecule has 0 spiro atoms. The van der Waals surface area contributed by atoms with Crippen LogP contribution in [0.2, 0.25) is 0 Å². The topological polar surface area (TPSA) is 55.1 Å². The average molecular weight is 284 g/mol. The van der Waals surface area contributed by atoms with E-state index in [2.05, 4.69) is 28.7 Å². The van der Waals surface area contributed by atoms with Gasteiger partial charge in [0, 0.05) is 5.56 Å². The number of nitrogens with one attached hydrogen (secondary N) is 1. The fraction of sp³-hybridized carbons (Fsp3) is 0.412. The second kappa shape index (κ2) is 5.72. The van der Waals surface area contributed by atoms with Crippen LogP contribution in [0.25, 0.3) is 0 Å². The highest BCUT2D eigenvalue weighted by Gasteiger charge is 2.22. The van der Waals surface area contributed by atoms with Gasteiger partial charge in [-0.05, 0) is 44.2 Å². The Labute approximate surface area is 124 Å². The first-order chi connectivity index (χ1) is 10.1. The molecule has 1 unspecified atom stereocenters. The van der Waals surface area contributed by atoms with Crippen molar-refractivity contribution in [3.8, 4) is 0 Å². The Bertz CT molecular complexity index is 641. The molecule has 1 aromatic heterocycles. The zero-order valence-corrected chi connectivity index (χ0v) is 12.5. The van der Waals surface area contributed by atoms with E-state index < -0.39 is 0 Å². The van der Waals surface area contributed by atoms with Crippen LogP contribution in [-0.4, -0.2) is 11.1 Å². The van der Waals surface area contributed by atoms with Crippen molar-refractivity contribution in [2.45, 2.75) is 45.6 Å². The van der Waals surface area contributed by atoms with Gasteiger partial charge in [0.25, 0.3) is 0 Å². The van der Waals surface area contributed by atoms with Gasteiger partial charge >= 0.3 is 0 Å². The lowest BCUT2D eigenvalue weighted by Crippen LogP contribution is -2.32. The molecule has 1 heterocycles. The number of carbonyl (C=O) groups excluding carboxylic acids is 1. The molecular formula is C17H20N2O2. The van der Waals surface area contributed by atoms with Gasteiger partial charge < -0.3 is 9.84 Å². The van der Waals surface area contributed by atoms with E-state index >= 15 is 0 Å². The van der Waals surface area contributed by atoms with Crippen molar-refractivity contribution in [2.24, 2.45) is 0 Å². The summed E-state index contributed by atoms with van der Waals surface area (Å²) in [6.07, 6.45) is 3.56. The summed E-state index contributed by atoms with van der Waals surface area (Å²) in [5.41, 5.74) is 4.31. The first-order valence-corrected chi connectivity index (χ1v) is 7.44. The molecule has 1 N–H and O–H groups in total. The molecular weight excluding hydrogens is 264 g/mol. The van der Waals surface area contributed by atoms with Crippen molar-refractivity contribution >= 4 is 5.91 Å². The molecule has 3 rings (SSSR count). The van der Waals surface area contributed by atoms with Gasteiger partial charge in [0.15, 0.2) is 0 Å². The smallest absolute Gasteiger partial charge is 0.225 e. The second-order valence-electron chi connectivity index (χ2n) is 5.69. The molecule has 0 bridgehead atoms. The Morgan fingerprint density at radius 3 is 2.95 bits per heavy atom. The molecule has 1 aromatic carbocycles. The lowest BCUT2D eigenvalue weighted by molar-refractivity contribution is -0.121. The van der Waals surface area contributed by atoms with Crippen LogP contribution in [0.5, 0.6) is 0 Å². The number of hydrogen-bond acceptors (Lipinski definition) is 3. The number of benzene rings is 1. The molecule has 21 heavy (non-hydrogen) atoms. The minimum atomic E-state index is 0.0334. The molecule has 110 valence electrons. The number of amides is 1. The molecule has 1 aliphatic rings. The van der Waals surface area contributed by atoms with Gasteiger partial charge in [0.05, 0.1) is 18.2 Å². The van der Waals surface area contributed by atoms with Crippen LogP contribution >= 0.6 is 0 Å². The summed E-state index contributed by atoms with van der Waals surface area (Å²) < 4.78 is 5.11. The van der Waals surface area contributed by atoms with Gasteiger partial charge in [-0.25, -0.2) is 0 Å². The molecule has 0 saturated heterocycles. The molecule has 0 fully saturated rings. The molecule has 4 heteroatoms. The van der Waals surface area contributed by atoms with Crippen LogP contribution in [0.15, 0.2) is 28.8 Å². The zero-order chi connectivity index (χ0) is 14.8. The Hall–Kier alpha value is -2.10. The Morgan fingerprint density at radius 2 is 2.19 bits per heavy atom. The number of rotatable bonds is 3. The third-order valence-electron chi connectivity index (χ3n) is 4.22. The van der Waals surface area contributed by atoms with Crippen molar-refractivity contribution in [3.05, 3.63) is 52.4 Å². The van der Waals surface area contributed by atoms with Gasteiger partial charge in [-0.3, -0.25) is 4.79 Å². The Kier molecular flexibility index (Phi) is 3.78. The standard InChI is InChI=1S/C17H20N2O2/c1-11-15(12(2)21-19-11)10-17(20)18-16-9-5-7-13-6-3-4-8-14(13)16/h3-4,6,8,16H,5,7,9-10H2,1-2H3,(H,18,20). The normalized spacial score (nSPS) is 17.3. The maximum absolute atomic E-state index is 12.3. The maximum Gasteiger partial charge on any atom is 0.225 e. The summed E-state index contributed by atoms with van der Waals surface area (Å²) in [6.45, 7) is 3.72. The second-order valence-corrected chi connectivity index (χ2v) is 5.69. The highest BCUT2D eigenvalue weighted by molar-refractivity contribution is 5.79. The van der Waals surface area contributed by atoms with E-state index in [-0.39, 0.29) is 11.9 Å². The van der Waals surface area contributed by atoms with Crippen molar-refractivity contribution in [1.82, 2.24) is 10.5 Å². The molecule has 0 radical (unpaired) electrons. The fourth-order valence-electron chi connectivity index (χ4n) is 3.06. The molecule has 0 aliphatic heterocycles. The third kappa shape index (κ3) is 2.84. The van der Waals surface area contributed by atoms with E-state index in [0.717, 1.165) is 36.3 Å². The highest BCUT2D eigenvalue weighted by Crippen LogP contribution is 2.29. The third-order valence-corrected chi connectivity index (χ3v) is 4.22. The number of fused-ring (bicyclic) bond motifs is 1. The van der Waals surface area contributed by atoms with Gasteiger partial charge in [-0.2, -0.15) is 0 Å². The molecule has 1 aliphatic carbocycles. The SMILES string of the molecule is Cc1noc(C)c1CC(=O)NC1CCCc2ccccc21. The lowest BCUT2D eigenvalue weighted by Gasteiger charge is -2.26. The average Bonchev–Trinajstić information content (AvgIpc) is 2.79. The van der Waals surface area contributed by atoms with Crippen LogP contribution in [0, 0.1) is 13.8 Å². The van der Waals surface area contributed by atoms with E-state index in [9.17, 15) is 4.79 Å². The molecule has 4 nitrogen and oxygen atoms in total. The summed E-state index contributed by atoms with van der Waals surface area (Å²) in [4.78, 5) is 12.3. The van der Waals surface area contributed by atoms with E-state index in [1.54, 1.807) is 0 Å². The van der Waals surface area contributed by atoms with Crippen molar-refractivity contribution < 1.29 is 9.32 Å².